The van der Waals surface area contributed by atoms with Gasteiger partial charge in [-0.25, -0.2) is 8.42 Å². The number of rotatable bonds is 7. The zero-order valence-corrected chi connectivity index (χ0v) is 10.7. The molecule has 1 N–H and O–H groups in total. The number of carbonyl (C=O) groups excluding carboxylic acids is 1. The van der Waals surface area contributed by atoms with E-state index < -0.39 is 21.0 Å². The van der Waals surface area contributed by atoms with Gasteiger partial charge in [0.05, 0.1) is 12.4 Å². The van der Waals surface area contributed by atoms with Crippen LogP contribution >= 0.6 is 0 Å². The van der Waals surface area contributed by atoms with Gasteiger partial charge in [0.1, 0.15) is 5.25 Å². The fourth-order valence-electron chi connectivity index (χ4n) is 0.958. The summed E-state index contributed by atoms with van der Waals surface area (Å²) >= 11 is 0. The summed E-state index contributed by atoms with van der Waals surface area (Å²) in [5, 5.41) is 1.47. The van der Waals surface area contributed by atoms with E-state index in [1.165, 1.54) is 20.1 Å². The van der Waals surface area contributed by atoms with Crippen LogP contribution in [0.25, 0.3) is 0 Å². The first-order chi connectivity index (χ1) is 7.45. The minimum atomic E-state index is -3.40. The van der Waals surface area contributed by atoms with Gasteiger partial charge in [0.25, 0.3) is 0 Å². The quantitative estimate of drug-likeness (QED) is 0.514. The summed E-state index contributed by atoms with van der Waals surface area (Å²) in [6.45, 7) is 3.81. The van der Waals surface area contributed by atoms with Crippen LogP contribution in [0.1, 0.15) is 13.8 Å². The first kappa shape index (κ1) is 15.1. The molecule has 1 atom stereocenters. The molecule has 0 aliphatic heterocycles. The van der Waals surface area contributed by atoms with Crippen molar-refractivity contribution in [2.45, 2.75) is 19.1 Å². The summed E-state index contributed by atoms with van der Waals surface area (Å²) in [5.41, 5.74) is 0. The summed E-state index contributed by atoms with van der Waals surface area (Å²) in [6, 6.07) is 0. The Morgan fingerprint density at radius 2 is 2.12 bits per heavy atom. The zero-order valence-electron chi connectivity index (χ0n) is 9.89. The largest absolute Gasteiger partial charge is 0.383 e. The molecule has 16 heavy (non-hydrogen) atoms. The van der Waals surface area contributed by atoms with Crippen LogP contribution in [0.5, 0.6) is 0 Å². The number of sulfone groups is 1. The van der Waals surface area contributed by atoms with Crippen molar-refractivity contribution in [3.8, 4) is 0 Å². The van der Waals surface area contributed by atoms with Crippen molar-refractivity contribution in [3.63, 3.8) is 0 Å². The third-order valence-electron chi connectivity index (χ3n) is 2.08. The molecule has 0 rings (SSSR count). The maximum Gasteiger partial charge on any atom is 0.238 e. The van der Waals surface area contributed by atoms with E-state index in [-0.39, 0.29) is 5.75 Å². The lowest BCUT2D eigenvalue weighted by Gasteiger charge is -2.11. The van der Waals surface area contributed by atoms with Gasteiger partial charge in [0, 0.05) is 13.7 Å². The van der Waals surface area contributed by atoms with Crippen LogP contribution in [-0.4, -0.2) is 45.6 Å². The molecule has 1 amide bonds. The third-order valence-corrected chi connectivity index (χ3v) is 4.03. The first-order valence-electron chi connectivity index (χ1n) is 5.05. The third kappa shape index (κ3) is 5.27. The second-order valence-corrected chi connectivity index (χ2v) is 5.69. The molecule has 0 saturated carbocycles. The number of allylic oxidation sites excluding steroid dienone is 1. The highest BCUT2D eigenvalue weighted by Gasteiger charge is 2.26. The molecular formula is C10H19NO4S. The maximum atomic E-state index is 11.6. The van der Waals surface area contributed by atoms with Crippen molar-refractivity contribution >= 4 is 15.7 Å². The monoisotopic (exact) mass is 249 g/mol. The van der Waals surface area contributed by atoms with Crippen molar-refractivity contribution in [2.75, 3.05) is 26.0 Å². The topological polar surface area (TPSA) is 72.5 Å². The molecule has 5 nitrogen and oxygen atoms in total. The molecule has 0 heterocycles. The number of hydrogen-bond acceptors (Lipinski definition) is 4. The number of methoxy groups -OCH3 is 1. The Morgan fingerprint density at radius 3 is 2.62 bits per heavy atom. The fraction of sp³-hybridized carbons (Fsp3) is 0.700. The van der Waals surface area contributed by atoms with E-state index in [0.29, 0.717) is 13.2 Å². The van der Waals surface area contributed by atoms with E-state index in [9.17, 15) is 13.2 Å². The second kappa shape index (κ2) is 7.40. The average Bonchev–Trinajstić information content (AvgIpc) is 2.25. The van der Waals surface area contributed by atoms with Gasteiger partial charge >= 0.3 is 0 Å². The minimum Gasteiger partial charge on any atom is -0.383 e. The minimum absolute atomic E-state index is 0.109. The molecule has 0 fully saturated rings. The Labute approximate surface area is 96.8 Å². The molecule has 0 radical (unpaired) electrons. The van der Waals surface area contributed by atoms with Crippen molar-refractivity contribution in [1.29, 1.82) is 0 Å². The van der Waals surface area contributed by atoms with Gasteiger partial charge < -0.3 is 10.1 Å². The predicted octanol–water partition coefficient (Wildman–Crippen LogP) is 0.128. The SMILES string of the molecule is CC=CCS(=O)(=O)C(C)C(=O)NCCOC. The lowest BCUT2D eigenvalue weighted by atomic mass is 10.4. The standard InChI is InChI=1S/C10H19NO4S/c1-4-5-8-16(13,14)9(2)10(12)11-6-7-15-3/h4-5,9H,6-8H2,1-3H3,(H,11,12). The molecular weight excluding hydrogens is 230 g/mol. The van der Waals surface area contributed by atoms with Crippen LogP contribution in [0.3, 0.4) is 0 Å². The van der Waals surface area contributed by atoms with Gasteiger partial charge in [-0.05, 0) is 13.8 Å². The summed E-state index contributed by atoms with van der Waals surface area (Å²) in [7, 11) is -1.89. The van der Waals surface area contributed by atoms with Crippen molar-refractivity contribution in [2.24, 2.45) is 0 Å². The van der Waals surface area contributed by atoms with E-state index in [0.717, 1.165) is 0 Å². The zero-order chi connectivity index (χ0) is 12.6. The smallest absolute Gasteiger partial charge is 0.238 e. The van der Waals surface area contributed by atoms with Crippen LogP contribution in [0.15, 0.2) is 12.2 Å². The average molecular weight is 249 g/mol. The lowest BCUT2D eigenvalue weighted by molar-refractivity contribution is -0.120. The fourth-order valence-corrected chi connectivity index (χ4v) is 2.12. The van der Waals surface area contributed by atoms with E-state index >= 15 is 0 Å². The lowest BCUT2D eigenvalue weighted by Crippen LogP contribution is -2.40. The van der Waals surface area contributed by atoms with Crippen molar-refractivity contribution in [1.82, 2.24) is 5.32 Å². The molecule has 0 aliphatic carbocycles. The highest BCUT2D eigenvalue weighted by Crippen LogP contribution is 2.02. The Hall–Kier alpha value is -0.880. The molecule has 0 bridgehead atoms. The van der Waals surface area contributed by atoms with Crippen LogP contribution < -0.4 is 5.32 Å². The highest BCUT2D eigenvalue weighted by atomic mass is 32.2. The van der Waals surface area contributed by atoms with Crippen LogP contribution in [0.4, 0.5) is 0 Å². The van der Waals surface area contributed by atoms with E-state index in [2.05, 4.69) is 5.32 Å². The number of hydrogen-bond donors (Lipinski definition) is 1. The Balaban J connectivity index is 4.31. The highest BCUT2D eigenvalue weighted by molar-refractivity contribution is 7.92. The van der Waals surface area contributed by atoms with E-state index in [1.807, 2.05) is 0 Å². The number of amides is 1. The van der Waals surface area contributed by atoms with Gasteiger partial charge in [0.2, 0.25) is 5.91 Å². The molecule has 0 aromatic heterocycles. The van der Waals surface area contributed by atoms with E-state index in [4.69, 9.17) is 4.74 Å². The molecule has 0 aromatic carbocycles. The van der Waals surface area contributed by atoms with Gasteiger partial charge in [-0.15, -0.1) is 0 Å². The number of carbonyl (C=O) groups is 1. The summed E-state index contributed by atoms with van der Waals surface area (Å²) in [4.78, 5) is 11.5. The first-order valence-corrected chi connectivity index (χ1v) is 6.76. The van der Waals surface area contributed by atoms with Gasteiger partial charge in [-0.2, -0.15) is 0 Å². The van der Waals surface area contributed by atoms with Crippen molar-refractivity contribution in [3.05, 3.63) is 12.2 Å². The summed E-state index contributed by atoms with van der Waals surface area (Å²) < 4.78 is 28.0. The Kier molecular flexibility index (Phi) is 7.00. The molecule has 0 aliphatic rings. The van der Waals surface area contributed by atoms with Gasteiger partial charge in [-0.3, -0.25) is 4.79 Å². The molecule has 0 saturated heterocycles. The molecule has 0 spiro atoms. The number of nitrogens with one attached hydrogen (secondary N) is 1. The van der Waals surface area contributed by atoms with Crippen molar-refractivity contribution < 1.29 is 17.9 Å². The molecule has 1 unspecified atom stereocenters. The summed E-state index contributed by atoms with van der Waals surface area (Å²) in [5.74, 6) is -0.593. The van der Waals surface area contributed by atoms with Crippen LogP contribution in [0.2, 0.25) is 0 Å². The molecule has 94 valence electrons. The normalized spacial score (nSPS) is 13.9. The predicted molar refractivity (Wildman–Crippen MR) is 62.9 cm³/mol. The Bertz CT molecular complexity index is 335. The Morgan fingerprint density at radius 1 is 1.50 bits per heavy atom. The van der Waals surface area contributed by atoms with E-state index in [1.54, 1.807) is 13.0 Å². The second-order valence-electron chi connectivity index (χ2n) is 3.32. The summed E-state index contributed by atoms with van der Waals surface area (Å²) in [6.07, 6.45) is 3.17. The number of ether oxygens (including phenoxy) is 1. The van der Waals surface area contributed by atoms with Gasteiger partial charge in [-0.1, -0.05) is 12.2 Å². The molecule has 6 heteroatoms. The van der Waals surface area contributed by atoms with Gasteiger partial charge in [0.15, 0.2) is 9.84 Å². The maximum absolute atomic E-state index is 11.6. The van der Waals surface area contributed by atoms with Crippen LogP contribution in [-0.2, 0) is 19.4 Å². The molecule has 0 aromatic rings. The van der Waals surface area contributed by atoms with Crippen LogP contribution in [0, 0.1) is 0 Å².